The van der Waals surface area contributed by atoms with Gasteiger partial charge in [0, 0.05) is 24.5 Å². The van der Waals surface area contributed by atoms with Crippen molar-refractivity contribution in [2.75, 3.05) is 6.61 Å². The third-order valence-corrected chi connectivity index (χ3v) is 5.08. The van der Waals surface area contributed by atoms with Gasteiger partial charge in [-0.3, -0.25) is 4.79 Å². The largest absolute Gasteiger partial charge is 0.462 e. The van der Waals surface area contributed by atoms with Crippen LogP contribution in [0.3, 0.4) is 0 Å². The Hall–Kier alpha value is -2.67. The van der Waals surface area contributed by atoms with E-state index in [1.165, 1.54) is 13.0 Å². The van der Waals surface area contributed by atoms with Gasteiger partial charge in [-0.25, -0.2) is 9.59 Å². The summed E-state index contributed by atoms with van der Waals surface area (Å²) < 4.78 is 16.0. The Balaban J connectivity index is 2.29. The first-order valence-corrected chi connectivity index (χ1v) is 9.53. The van der Waals surface area contributed by atoms with Crippen molar-refractivity contribution in [3.05, 3.63) is 47.1 Å². The van der Waals surface area contributed by atoms with E-state index in [4.69, 9.17) is 14.2 Å². The van der Waals surface area contributed by atoms with E-state index in [2.05, 4.69) is 6.58 Å². The smallest absolute Gasteiger partial charge is 0.334 e. The number of hydrogen-bond donors (Lipinski definition) is 1. The second-order valence-electron chi connectivity index (χ2n) is 7.47. The van der Waals surface area contributed by atoms with Gasteiger partial charge in [0.1, 0.15) is 18.8 Å². The number of aliphatic hydroxyl groups is 1. The molecule has 158 valence electrons. The zero-order valence-corrected chi connectivity index (χ0v) is 17.3. The highest BCUT2D eigenvalue weighted by molar-refractivity contribution is 5.92. The molecule has 2 aliphatic rings. The SMILES string of the molecule is C=C1C(=O)O[C@@H]2/C=C(\C)[C@@H](O)C/C=C(\C)C[C@@H](OC(=O)/C(C)=C/COC(C)=O)[C@@H]12. The van der Waals surface area contributed by atoms with Gasteiger partial charge in [0.2, 0.25) is 0 Å². The molecule has 0 amide bonds. The molecule has 1 aliphatic carbocycles. The minimum atomic E-state index is -0.677. The maximum absolute atomic E-state index is 12.6. The van der Waals surface area contributed by atoms with Crippen molar-refractivity contribution in [1.29, 1.82) is 0 Å². The Morgan fingerprint density at radius 1 is 1.34 bits per heavy atom. The molecule has 0 saturated carbocycles. The lowest BCUT2D eigenvalue weighted by Gasteiger charge is -2.28. The number of carbonyl (C=O) groups excluding carboxylic acids is 3. The van der Waals surface area contributed by atoms with Crippen LogP contribution >= 0.6 is 0 Å². The van der Waals surface area contributed by atoms with Gasteiger partial charge in [0.25, 0.3) is 0 Å². The number of carbonyl (C=O) groups is 3. The molecule has 29 heavy (non-hydrogen) atoms. The number of aliphatic hydroxyl groups excluding tert-OH is 1. The molecule has 7 nitrogen and oxygen atoms in total. The predicted molar refractivity (Wildman–Crippen MR) is 106 cm³/mol. The van der Waals surface area contributed by atoms with E-state index >= 15 is 0 Å². The van der Waals surface area contributed by atoms with Gasteiger partial charge < -0.3 is 19.3 Å². The van der Waals surface area contributed by atoms with Crippen LogP contribution in [0.15, 0.2) is 47.1 Å². The first kappa shape index (κ1) is 22.6. The van der Waals surface area contributed by atoms with Gasteiger partial charge >= 0.3 is 17.9 Å². The summed E-state index contributed by atoms with van der Waals surface area (Å²) in [5, 5.41) is 10.3. The second-order valence-corrected chi connectivity index (χ2v) is 7.47. The molecule has 2 rings (SSSR count). The molecule has 0 radical (unpaired) electrons. The second kappa shape index (κ2) is 9.69. The van der Waals surface area contributed by atoms with Crippen LogP contribution in [-0.2, 0) is 28.6 Å². The number of esters is 3. The van der Waals surface area contributed by atoms with Crippen molar-refractivity contribution in [3.8, 4) is 0 Å². The van der Waals surface area contributed by atoms with E-state index in [1.807, 2.05) is 13.0 Å². The van der Waals surface area contributed by atoms with Gasteiger partial charge in [-0.15, -0.1) is 0 Å². The molecule has 7 heteroatoms. The Kier molecular flexibility index (Phi) is 7.56. The summed E-state index contributed by atoms with van der Waals surface area (Å²) in [6.07, 6.45) is 3.84. The molecule has 1 N–H and O–H groups in total. The van der Waals surface area contributed by atoms with Crippen LogP contribution in [0.5, 0.6) is 0 Å². The molecule has 1 heterocycles. The Morgan fingerprint density at radius 3 is 2.69 bits per heavy atom. The number of rotatable bonds is 4. The normalized spacial score (nSPS) is 31.6. The van der Waals surface area contributed by atoms with Crippen LogP contribution in [0.2, 0.25) is 0 Å². The van der Waals surface area contributed by atoms with Crippen molar-refractivity contribution in [2.45, 2.75) is 58.8 Å². The van der Waals surface area contributed by atoms with E-state index < -0.39 is 42.1 Å². The molecule has 0 bridgehead atoms. The van der Waals surface area contributed by atoms with Crippen molar-refractivity contribution < 1.29 is 33.7 Å². The fourth-order valence-corrected chi connectivity index (χ4v) is 3.29. The first-order chi connectivity index (χ1) is 13.6. The fourth-order valence-electron chi connectivity index (χ4n) is 3.29. The average molecular weight is 404 g/mol. The highest BCUT2D eigenvalue weighted by atomic mass is 16.6. The lowest BCUT2D eigenvalue weighted by atomic mass is 9.85. The van der Waals surface area contributed by atoms with E-state index in [-0.39, 0.29) is 12.2 Å². The highest BCUT2D eigenvalue weighted by Crippen LogP contribution is 2.36. The minimum absolute atomic E-state index is 0.0277. The standard InChI is InChI=1S/C22H28O7/c1-12-6-7-17(24)14(3)11-19-20(15(4)22(26)29-19)18(10-12)28-21(25)13(2)8-9-27-16(5)23/h6,8,11,17-20,24H,4,7,9-10H2,1-3,5H3/b12-6+,13-8+,14-11+/t17-,18+,19+,20+/m0/s1. The minimum Gasteiger partial charge on any atom is -0.462 e. The zero-order chi connectivity index (χ0) is 21.7. The predicted octanol–water partition coefficient (Wildman–Crippen LogP) is 2.55. The molecule has 1 aliphatic heterocycles. The molecule has 0 unspecified atom stereocenters. The maximum Gasteiger partial charge on any atom is 0.334 e. The summed E-state index contributed by atoms with van der Waals surface area (Å²) in [6, 6.07) is 0. The van der Waals surface area contributed by atoms with Gasteiger partial charge in [0.15, 0.2) is 0 Å². The number of fused-ring (bicyclic) bond motifs is 1. The summed E-state index contributed by atoms with van der Waals surface area (Å²) in [6.45, 7) is 10.3. The highest BCUT2D eigenvalue weighted by Gasteiger charge is 2.44. The molecule has 0 aromatic rings. The monoisotopic (exact) mass is 404 g/mol. The fraction of sp³-hybridized carbons (Fsp3) is 0.500. The summed E-state index contributed by atoms with van der Waals surface area (Å²) in [7, 11) is 0. The van der Waals surface area contributed by atoms with Crippen LogP contribution in [-0.4, -0.2) is 47.9 Å². The molecule has 0 spiro atoms. The Labute approximate surface area is 170 Å². The van der Waals surface area contributed by atoms with E-state index in [0.717, 1.165) is 5.57 Å². The van der Waals surface area contributed by atoms with Gasteiger partial charge in [-0.2, -0.15) is 0 Å². The molecule has 4 atom stereocenters. The summed E-state index contributed by atoms with van der Waals surface area (Å²) in [4.78, 5) is 35.6. The molecule has 1 saturated heterocycles. The third kappa shape index (κ3) is 5.90. The van der Waals surface area contributed by atoms with Gasteiger partial charge in [0.05, 0.1) is 12.0 Å². The number of hydrogen-bond acceptors (Lipinski definition) is 7. The molecule has 1 fully saturated rings. The maximum atomic E-state index is 12.6. The van der Waals surface area contributed by atoms with Crippen molar-refractivity contribution in [2.24, 2.45) is 5.92 Å². The van der Waals surface area contributed by atoms with Crippen molar-refractivity contribution >= 4 is 17.9 Å². The summed E-state index contributed by atoms with van der Waals surface area (Å²) >= 11 is 0. The summed E-state index contributed by atoms with van der Waals surface area (Å²) in [5.74, 6) is -2.11. The molecular formula is C22H28O7. The van der Waals surface area contributed by atoms with Crippen LogP contribution in [0.25, 0.3) is 0 Å². The van der Waals surface area contributed by atoms with Gasteiger partial charge in [-0.05, 0) is 44.9 Å². The third-order valence-electron chi connectivity index (χ3n) is 5.08. The Bertz CT molecular complexity index is 787. The van der Waals surface area contributed by atoms with E-state index in [0.29, 0.717) is 24.0 Å². The van der Waals surface area contributed by atoms with E-state index in [9.17, 15) is 19.5 Å². The average Bonchev–Trinajstić information content (AvgIpc) is 2.91. The van der Waals surface area contributed by atoms with Crippen LogP contribution in [0.1, 0.15) is 40.5 Å². The lowest BCUT2D eigenvalue weighted by Crippen LogP contribution is -2.34. The van der Waals surface area contributed by atoms with Crippen LogP contribution < -0.4 is 0 Å². The van der Waals surface area contributed by atoms with Crippen LogP contribution in [0.4, 0.5) is 0 Å². The van der Waals surface area contributed by atoms with Crippen molar-refractivity contribution in [3.63, 3.8) is 0 Å². The lowest BCUT2D eigenvalue weighted by molar-refractivity contribution is -0.147. The van der Waals surface area contributed by atoms with Crippen LogP contribution in [0, 0.1) is 5.92 Å². The van der Waals surface area contributed by atoms with Gasteiger partial charge in [-0.1, -0.05) is 18.2 Å². The number of ether oxygens (including phenoxy) is 3. The summed E-state index contributed by atoms with van der Waals surface area (Å²) in [5.41, 5.74) is 2.13. The zero-order valence-electron chi connectivity index (χ0n) is 17.3. The quantitative estimate of drug-likeness (QED) is 0.333. The topological polar surface area (TPSA) is 99.1 Å². The Morgan fingerprint density at radius 2 is 2.03 bits per heavy atom. The first-order valence-electron chi connectivity index (χ1n) is 9.53. The molecule has 0 aromatic carbocycles. The van der Waals surface area contributed by atoms with E-state index in [1.54, 1.807) is 19.9 Å². The molecular weight excluding hydrogens is 376 g/mol. The van der Waals surface area contributed by atoms with Crippen molar-refractivity contribution in [1.82, 2.24) is 0 Å². The molecule has 0 aromatic heterocycles.